The van der Waals surface area contributed by atoms with Gasteiger partial charge < -0.3 is 11.1 Å². The average molecular weight is 300 g/mol. The molecule has 0 heterocycles. The first kappa shape index (κ1) is 15.7. The lowest BCUT2D eigenvalue weighted by Gasteiger charge is -2.29. The van der Waals surface area contributed by atoms with E-state index in [9.17, 15) is 18.0 Å². The molecule has 1 amide bonds. The topological polar surface area (TPSA) is 55.1 Å². The van der Waals surface area contributed by atoms with Gasteiger partial charge in [0.2, 0.25) is 5.91 Å². The Morgan fingerprint density at radius 2 is 1.90 bits per heavy atom. The lowest BCUT2D eigenvalue weighted by Crippen LogP contribution is -2.37. The number of carbonyl (C=O) groups excluding carboxylic acids is 1. The fourth-order valence-electron chi connectivity index (χ4n) is 2.69. The Balaban J connectivity index is 1.86. The van der Waals surface area contributed by atoms with Gasteiger partial charge in [-0.25, -0.2) is 0 Å². The van der Waals surface area contributed by atoms with E-state index in [1.54, 1.807) is 24.3 Å². The van der Waals surface area contributed by atoms with Gasteiger partial charge in [0.1, 0.15) is 0 Å². The van der Waals surface area contributed by atoms with Crippen molar-refractivity contribution in [3.63, 3.8) is 0 Å². The van der Waals surface area contributed by atoms with Crippen LogP contribution in [-0.4, -0.2) is 12.1 Å². The van der Waals surface area contributed by atoms with Crippen LogP contribution >= 0.6 is 0 Å². The second-order valence-electron chi connectivity index (χ2n) is 5.56. The lowest BCUT2D eigenvalue weighted by molar-refractivity contribution is -0.186. The van der Waals surface area contributed by atoms with Crippen LogP contribution in [-0.2, 0) is 11.3 Å². The third-order valence-electron chi connectivity index (χ3n) is 3.95. The minimum absolute atomic E-state index is 0.100. The molecule has 1 aliphatic rings. The zero-order chi connectivity index (χ0) is 15.5. The molecule has 2 rings (SSSR count). The normalized spacial score (nSPS) is 22.8. The molecule has 0 spiro atoms. The summed E-state index contributed by atoms with van der Waals surface area (Å²) in [6, 6.07) is 7.02. The fourth-order valence-corrected chi connectivity index (χ4v) is 2.69. The van der Waals surface area contributed by atoms with Crippen LogP contribution in [0.3, 0.4) is 0 Å². The summed E-state index contributed by atoms with van der Waals surface area (Å²) in [5, 5.41) is 2.71. The molecule has 0 bridgehead atoms. The molecule has 1 saturated carbocycles. The van der Waals surface area contributed by atoms with Crippen LogP contribution in [0, 0.1) is 11.8 Å². The molecule has 1 aromatic carbocycles. The SMILES string of the molecule is Nc1ccc(CNC(=O)C2CCCC(C(F)(F)F)C2)cc1. The van der Waals surface area contributed by atoms with E-state index in [1.165, 1.54) is 0 Å². The number of hydrogen-bond donors (Lipinski definition) is 2. The maximum atomic E-state index is 12.7. The van der Waals surface area contributed by atoms with Crippen molar-refractivity contribution in [2.24, 2.45) is 11.8 Å². The number of hydrogen-bond acceptors (Lipinski definition) is 2. The Kier molecular flexibility index (Phi) is 4.75. The third kappa shape index (κ3) is 4.37. The Morgan fingerprint density at radius 1 is 1.24 bits per heavy atom. The summed E-state index contributed by atoms with van der Waals surface area (Å²) in [5.41, 5.74) is 7.07. The predicted octanol–water partition coefficient (Wildman–Crippen LogP) is 3.25. The zero-order valence-electron chi connectivity index (χ0n) is 11.6. The van der Waals surface area contributed by atoms with E-state index >= 15 is 0 Å². The molecular weight excluding hydrogens is 281 g/mol. The van der Waals surface area contributed by atoms with Gasteiger partial charge in [-0.2, -0.15) is 13.2 Å². The molecule has 0 radical (unpaired) electrons. The number of benzene rings is 1. The van der Waals surface area contributed by atoms with Gasteiger partial charge >= 0.3 is 6.18 Å². The van der Waals surface area contributed by atoms with Crippen LogP contribution in [0.1, 0.15) is 31.2 Å². The molecule has 0 aliphatic heterocycles. The average Bonchev–Trinajstić information content (AvgIpc) is 2.45. The van der Waals surface area contributed by atoms with Crippen LogP contribution < -0.4 is 11.1 Å². The molecule has 2 unspecified atom stereocenters. The van der Waals surface area contributed by atoms with E-state index in [0.29, 0.717) is 25.1 Å². The molecule has 6 heteroatoms. The van der Waals surface area contributed by atoms with Crippen LogP contribution in [0.5, 0.6) is 0 Å². The van der Waals surface area contributed by atoms with Gasteiger partial charge in [-0.3, -0.25) is 4.79 Å². The van der Waals surface area contributed by atoms with Gasteiger partial charge in [0.15, 0.2) is 0 Å². The maximum absolute atomic E-state index is 12.7. The minimum Gasteiger partial charge on any atom is -0.399 e. The number of halogens is 3. The summed E-state index contributed by atoms with van der Waals surface area (Å²) in [4.78, 5) is 12.0. The smallest absolute Gasteiger partial charge is 0.391 e. The van der Waals surface area contributed by atoms with Crippen molar-refractivity contribution in [3.8, 4) is 0 Å². The summed E-state index contributed by atoms with van der Waals surface area (Å²) < 4.78 is 38.2. The van der Waals surface area contributed by atoms with Crippen LogP contribution in [0.2, 0.25) is 0 Å². The maximum Gasteiger partial charge on any atom is 0.391 e. The molecule has 21 heavy (non-hydrogen) atoms. The van der Waals surface area contributed by atoms with E-state index in [0.717, 1.165) is 5.56 Å². The highest BCUT2D eigenvalue weighted by molar-refractivity contribution is 5.78. The van der Waals surface area contributed by atoms with Crippen LogP contribution in [0.25, 0.3) is 0 Å². The molecule has 0 aromatic heterocycles. The molecule has 0 saturated heterocycles. The highest BCUT2D eigenvalue weighted by Gasteiger charge is 2.43. The summed E-state index contributed by atoms with van der Waals surface area (Å²) in [6.45, 7) is 0.312. The largest absolute Gasteiger partial charge is 0.399 e. The van der Waals surface area contributed by atoms with E-state index in [4.69, 9.17) is 5.73 Å². The Labute approximate surface area is 121 Å². The standard InChI is InChI=1S/C15H19F3N2O/c16-15(17,18)12-3-1-2-11(8-12)14(21)20-9-10-4-6-13(19)7-5-10/h4-7,11-12H,1-3,8-9,19H2,(H,20,21). The number of nitrogen functional groups attached to an aromatic ring is 1. The van der Waals surface area contributed by atoms with Crippen LogP contribution in [0.4, 0.5) is 18.9 Å². The van der Waals surface area contributed by atoms with Gasteiger partial charge in [-0.15, -0.1) is 0 Å². The number of rotatable bonds is 3. The van der Waals surface area contributed by atoms with Gasteiger partial charge in [0.05, 0.1) is 5.92 Å². The fraction of sp³-hybridized carbons (Fsp3) is 0.533. The molecular formula is C15H19F3N2O. The zero-order valence-corrected chi connectivity index (χ0v) is 11.6. The lowest BCUT2D eigenvalue weighted by atomic mass is 9.80. The number of carbonyl (C=O) groups is 1. The third-order valence-corrected chi connectivity index (χ3v) is 3.95. The first-order chi connectivity index (χ1) is 9.86. The second-order valence-corrected chi connectivity index (χ2v) is 5.56. The van der Waals surface area contributed by atoms with E-state index < -0.39 is 18.0 Å². The monoisotopic (exact) mass is 300 g/mol. The molecule has 3 nitrogen and oxygen atoms in total. The highest BCUT2D eigenvalue weighted by atomic mass is 19.4. The van der Waals surface area contributed by atoms with E-state index in [2.05, 4.69) is 5.32 Å². The Hall–Kier alpha value is -1.72. The van der Waals surface area contributed by atoms with Crippen molar-refractivity contribution in [3.05, 3.63) is 29.8 Å². The first-order valence-electron chi connectivity index (χ1n) is 7.05. The minimum atomic E-state index is -4.20. The van der Waals surface area contributed by atoms with Crippen molar-refractivity contribution >= 4 is 11.6 Å². The predicted molar refractivity (Wildman–Crippen MR) is 74.2 cm³/mol. The van der Waals surface area contributed by atoms with Crippen molar-refractivity contribution in [1.29, 1.82) is 0 Å². The number of nitrogens with two attached hydrogens (primary N) is 1. The quantitative estimate of drug-likeness (QED) is 0.842. The van der Waals surface area contributed by atoms with Crippen LogP contribution in [0.15, 0.2) is 24.3 Å². The summed E-state index contributed by atoms with van der Waals surface area (Å²) in [6.07, 6.45) is -3.19. The van der Waals surface area contributed by atoms with Gasteiger partial charge in [-0.05, 0) is 37.0 Å². The van der Waals surface area contributed by atoms with Gasteiger partial charge in [0, 0.05) is 18.2 Å². The molecule has 1 aromatic rings. The summed E-state index contributed by atoms with van der Waals surface area (Å²) in [5.74, 6) is -2.18. The summed E-state index contributed by atoms with van der Waals surface area (Å²) >= 11 is 0. The van der Waals surface area contributed by atoms with E-state index in [-0.39, 0.29) is 18.7 Å². The molecule has 116 valence electrons. The molecule has 1 fully saturated rings. The summed E-state index contributed by atoms with van der Waals surface area (Å²) in [7, 11) is 0. The Morgan fingerprint density at radius 3 is 2.52 bits per heavy atom. The number of anilines is 1. The van der Waals surface area contributed by atoms with Crippen molar-refractivity contribution in [2.75, 3.05) is 5.73 Å². The second kappa shape index (κ2) is 6.37. The van der Waals surface area contributed by atoms with Crippen molar-refractivity contribution in [1.82, 2.24) is 5.32 Å². The number of alkyl halides is 3. The van der Waals surface area contributed by atoms with Crippen molar-refractivity contribution in [2.45, 2.75) is 38.4 Å². The van der Waals surface area contributed by atoms with Gasteiger partial charge in [0.25, 0.3) is 0 Å². The van der Waals surface area contributed by atoms with Crippen molar-refractivity contribution < 1.29 is 18.0 Å². The molecule has 3 N–H and O–H groups in total. The number of amides is 1. The van der Waals surface area contributed by atoms with Gasteiger partial charge in [-0.1, -0.05) is 18.6 Å². The number of nitrogens with one attached hydrogen (secondary N) is 1. The Bertz CT molecular complexity index is 485. The highest BCUT2D eigenvalue weighted by Crippen LogP contribution is 2.39. The first-order valence-corrected chi connectivity index (χ1v) is 7.05. The molecule has 2 atom stereocenters. The molecule has 1 aliphatic carbocycles. The van der Waals surface area contributed by atoms with E-state index in [1.807, 2.05) is 0 Å².